The van der Waals surface area contributed by atoms with E-state index < -0.39 is 5.60 Å². The number of carbonyl (C=O) groups is 3. The highest BCUT2D eigenvalue weighted by Crippen LogP contribution is 2.27. The molecule has 38 heavy (non-hydrogen) atoms. The van der Waals surface area contributed by atoms with Gasteiger partial charge in [-0.3, -0.25) is 9.59 Å². The first kappa shape index (κ1) is 28.8. The van der Waals surface area contributed by atoms with Crippen molar-refractivity contribution in [1.82, 2.24) is 10.2 Å². The van der Waals surface area contributed by atoms with E-state index >= 15 is 0 Å². The van der Waals surface area contributed by atoms with Crippen LogP contribution in [0.3, 0.4) is 0 Å². The minimum absolute atomic E-state index is 0.0779. The molecule has 2 aromatic rings. The number of anilines is 1. The molecule has 3 amide bonds. The number of methoxy groups -OCH3 is 2. The molecule has 1 heterocycles. The first-order valence-electron chi connectivity index (χ1n) is 12.9. The van der Waals surface area contributed by atoms with E-state index in [1.807, 2.05) is 45.0 Å². The summed E-state index contributed by atoms with van der Waals surface area (Å²) in [5.41, 5.74) is 1.47. The first-order valence-corrected chi connectivity index (χ1v) is 12.9. The van der Waals surface area contributed by atoms with Gasteiger partial charge in [-0.05, 0) is 81.8 Å². The molecule has 1 unspecified atom stereocenters. The van der Waals surface area contributed by atoms with Crippen LogP contribution < -0.4 is 20.1 Å². The minimum atomic E-state index is -0.523. The zero-order valence-corrected chi connectivity index (χ0v) is 23.0. The van der Waals surface area contributed by atoms with Crippen molar-refractivity contribution in [1.29, 1.82) is 0 Å². The lowest BCUT2D eigenvalue weighted by Crippen LogP contribution is -2.43. The molecule has 0 spiro atoms. The molecular weight excluding hydrogens is 486 g/mol. The number of nitrogens with one attached hydrogen (secondary N) is 2. The van der Waals surface area contributed by atoms with Gasteiger partial charge in [-0.2, -0.15) is 0 Å². The Hall–Kier alpha value is -3.75. The van der Waals surface area contributed by atoms with E-state index in [0.29, 0.717) is 55.2 Å². The van der Waals surface area contributed by atoms with Crippen LogP contribution in [0.1, 0.15) is 62.4 Å². The van der Waals surface area contributed by atoms with Gasteiger partial charge in [-0.25, -0.2) is 4.79 Å². The molecular formula is C29H39N3O6. The summed E-state index contributed by atoms with van der Waals surface area (Å²) in [7, 11) is 3.06. The van der Waals surface area contributed by atoms with Crippen molar-refractivity contribution < 1.29 is 28.6 Å². The highest BCUT2D eigenvalue weighted by molar-refractivity contribution is 5.95. The van der Waals surface area contributed by atoms with Crippen LogP contribution in [0, 0.1) is 5.92 Å². The summed E-state index contributed by atoms with van der Waals surface area (Å²) in [5, 5.41) is 5.84. The molecule has 9 nitrogen and oxygen atoms in total. The highest BCUT2D eigenvalue weighted by atomic mass is 16.6. The molecule has 9 heteroatoms. The van der Waals surface area contributed by atoms with Gasteiger partial charge < -0.3 is 29.7 Å². The summed E-state index contributed by atoms with van der Waals surface area (Å²) in [6.45, 7) is 7.18. The summed E-state index contributed by atoms with van der Waals surface area (Å²) in [4.78, 5) is 39.4. The van der Waals surface area contributed by atoms with Gasteiger partial charge in [0.2, 0.25) is 5.91 Å². The third kappa shape index (κ3) is 8.68. The molecule has 3 rings (SSSR count). The standard InChI is InChI=1S/C29H39N3O6/c1-29(2,3)38-28(35)32-15-7-9-20(19-32)11-14-26(33)31-23-10-6-8-21(16-23)18-30-27(34)22-12-13-24(36-4)25(17-22)37-5/h6,8,10,12-13,16-17,20H,7,9,11,14-15,18-19H2,1-5H3,(H,30,34)(H,31,33). The minimum Gasteiger partial charge on any atom is -0.493 e. The highest BCUT2D eigenvalue weighted by Gasteiger charge is 2.27. The Morgan fingerprint density at radius 3 is 2.50 bits per heavy atom. The SMILES string of the molecule is COc1ccc(C(=O)NCc2cccc(NC(=O)CCC3CCCN(C(=O)OC(C)(C)C)C3)c2)cc1OC. The largest absolute Gasteiger partial charge is 0.493 e. The molecule has 0 bridgehead atoms. The average molecular weight is 526 g/mol. The number of ether oxygens (including phenoxy) is 3. The van der Waals surface area contributed by atoms with Crippen molar-refractivity contribution in [3.63, 3.8) is 0 Å². The Kier molecular flexibility index (Phi) is 9.98. The second kappa shape index (κ2) is 13.2. The normalized spacial score (nSPS) is 15.4. The van der Waals surface area contributed by atoms with Crippen molar-refractivity contribution in [3.8, 4) is 11.5 Å². The van der Waals surface area contributed by atoms with Crippen molar-refractivity contribution >= 4 is 23.6 Å². The Labute approximate surface area is 224 Å². The van der Waals surface area contributed by atoms with Gasteiger partial charge >= 0.3 is 6.09 Å². The zero-order valence-electron chi connectivity index (χ0n) is 23.0. The second-order valence-corrected chi connectivity index (χ2v) is 10.5. The molecule has 0 radical (unpaired) electrons. The van der Waals surface area contributed by atoms with Crippen LogP contribution in [0.2, 0.25) is 0 Å². The fraction of sp³-hybridized carbons (Fsp3) is 0.483. The Bertz CT molecular complexity index is 1130. The van der Waals surface area contributed by atoms with E-state index in [1.165, 1.54) is 7.11 Å². The molecule has 1 aliphatic rings. The van der Waals surface area contributed by atoms with E-state index in [0.717, 1.165) is 18.4 Å². The third-order valence-electron chi connectivity index (χ3n) is 6.26. The van der Waals surface area contributed by atoms with Crippen molar-refractivity contribution in [2.24, 2.45) is 5.92 Å². The van der Waals surface area contributed by atoms with Gasteiger partial charge in [0.15, 0.2) is 11.5 Å². The van der Waals surface area contributed by atoms with Crippen LogP contribution in [0.5, 0.6) is 11.5 Å². The average Bonchev–Trinajstić information content (AvgIpc) is 2.89. The summed E-state index contributed by atoms with van der Waals surface area (Å²) in [6.07, 6.45) is 2.67. The number of nitrogens with zero attached hydrogens (tertiary/aromatic N) is 1. The number of carbonyl (C=O) groups excluding carboxylic acids is 3. The van der Waals surface area contributed by atoms with E-state index in [2.05, 4.69) is 10.6 Å². The molecule has 1 saturated heterocycles. The van der Waals surface area contributed by atoms with Crippen LogP contribution in [0.25, 0.3) is 0 Å². The number of benzene rings is 2. The predicted octanol–water partition coefficient (Wildman–Crippen LogP) is 5.00. The van der Waals surface area contributed by atoms with Gasteiger partial charge in [0.1, 0.15) is 5.60 Å². The van der Waals surface area contributed by atoms with Gasteiger partial charge in [0.25, 0.3) is 5.91 Å². The maximum atomic E-state index is 12.6. The summed E-state index contributed by atoms with van der Waals surface area (Å²) in [6, 6.07) is 12.4. The van der Waals surface area contributed by atoms with Gasteiger partial charge in [-0.1, -0.05) is 12.1 Å². The lowest BCUT2D eigenvalue weighted by molar-refractivity contribution is -0.116. The number of likely N-dealkylation sites (tertiary alicyclic amines) is 1. The van der Waals surface area contributed by atoms with Crippen molar-refractivity contribution in [2.45, 2.75) is 58.6 Å². The fourth-order valence-electron chi connectivity index (χ4n) is 4.37. The number of hydrogen-bond acceptors (Lipinski definition) is 6. The van der Waals surface area contributed by atoms with Gasteiger partial charge in [0, 0.05) is 37.3 Å². The van der Waals surface area contributed by atoms with Crippen molar-refractivity contribution in [3.05, 3.63) is 53.6 Å². The topological polar surface area (TPSA) is 106 Å². The molecule has 0 aromatic heterocycles. The molecule has 0 aliphatic carbocycles. The molecule has 206 valence electrons. The number of amides is 3. The molecule has 1 atom stereocenters. The van der Waals surface area contributed by atoms with E-state index in [1.54, 1.807) is 30.2 Å². The predicted molar refractivity (Wildman–Crippen MR) is 146 cm³/mol. The lowest BCUT2D eigenvalue weighted by Gasteiger charge is -2.34. The Morgan fingerprint density at radius 1 is 1.03 bits per heavy atom. The van der Waals surface area contributed by atoms with E-state index in [9.17, 15) is 14.4 Å². The first-order chi connectivity index (χ1) is 18.1. The van der Waals surface area contributed by atoms with Crippen LogP contribution in [-0.4, -0.2) is 55.7 Å². The Morgan fingerprint density at radius 2 is 1.79 bits per heavy atom. The van der Waals surface area contributed by atoms with Gasteiger partial charge in [-0.15, -0.1) is 0 Å². The summed E-state index contributed by atoms with van der Waals surface area (Å²) >= 11 is 0. The lowest BCUT2D eigenvalue weighted by atomic mass is 9.93. The second-order valence-electron chi connectivity index (χ2n) is 10.5. The van der Waals surface area contributed by atoms with Crippen LogP contribution >= 0.6 is 0 Å². The maximum absolute atomic E-state index is 12.6. The van der Waals surface area contributed by atoms with Crippen LogP contribution in [0.4, 0.5) is 10.5 Å². The third-order valence-corrected chi connectivity index (χ3v) is 6.26. The number of hydrogen-bond donors (Lipinski definition) is 2. The van der Waals surface area contributed by atoms with Gasteiger partial charge in [0.05, 0.1) is 14.2 Å². The van der Waals surface area contributed by atoms with Crippen LogP contribution in [0.15, 0.2) is 42.5 Å². The van der Waals surface area contributed by atoms with E-state index in [4.69, 9.17) is 14.2 Å². The molecule has 1 aliphatic heterocycles. The maximum Gasteiger partial charge on any atom is 0.410 e. The quantitative estimate of drug-likeness (QED) is 0.477. The summed E-state index contributed by atoms with van der Waals surface area (Å²) in [5.74, 6) is 0.978. The zero-order chi connectivity index (χ0) is 27.7. The fourth-order valence-corrected chi connectivity index (χ4v) is 4.37. The Balaban J connectivity index is 1.47. The molecule has 2 aromatic carbocycles. The summed E-state index contributed by atoms with van der Waals surface area (Å²) < 4.78 is 16.0. The monoisotopic (exact) mass is 525 g/mol. The molecule has 2 N–H and O–H groups in total. The smallest absolute Gasteiger partial charge is 0.410 e. The molecule has 1 fully saturated rings. The van der Waals surface area contributed by atoms with Crippen molar-refractivity contribution in [2.75, 3.05) is 32.6 Å². The number of rotatable bonds is 9. The molecule has 0 saturated carbocycles. The number of piperidine rings is 1. The van der Waals surface area contributed by atoms with Crippen LogP contribution in [-0.2, 0) is 16.1 Å². The van der Waals surface area contributed by atoms with E-state index in [-0.39, 0.29) is 23.8 Å².